The van der Waals surface area contributed by atoms with Crippen LogP contribution in [0.25, 0.3) is 0 Å². The second-order valence-electron chi connectivity index (χ2n) is 2.89. The molecule has 17 heavy (non-hydrogen) atoms. The number of aliphatic carboxylic acids is 2. The Kier molecular flexibility index (Phi) is 10.3. The number of aliphatic hydroxyl groups is 1. The highest BCUT2D eigenvalue weighted by atomic mass is 16.5. The monoisotopic (exact) mass is 254 g/mol. The van der Waals surface area contributed by atoms with Gasteiger partial charge in [-0.05, 0) is 6.92 Å². The van der Waals surface area contributed by atoms with E-state index >= 15 is 0 Å². The van der Waals surface area contributed by atoms with Crippen LogP contribution in [0.2, 0.25) is 0 Å². The van der Waals surface area contributed by atoms with Crippen LogP contribution in [0, 0.1) is 0 Å². The van der Waals surface area contributed by atoms with Gasteiger partial charge in [0, 0.05) is 0 Å². The normalized spacial score (nSPS) is 12.4. The van der Waals surface area contributed by atoms with Crippen molar-refractivity contribution in [1.29, 1.82) is 0 Å². The summed E-state index contributed by atoms with van der Waals surface area (Å²) in [5.41, 5.74) is -2.61. The van der Waals surface area contributed by atoms with Crippen molar-refractivity contribution in [2.45, 2.75) is 25.4 Å². The zero-order valence-corrected chi connectivity index (χ0v) is 9.51. The quantitative estimate of drug-likeness (QED) is 0.390. The van der Waals surface area contributed by atoms with Gasteiger partial charge in [0.15, 0.2) is 5.60 Å². The highest BCUT2D eigenvalue weighted by Crippen LogP contribution is 2.16. The number of hydrogen-bond donors (Lipinski definition) is 5. The Hall–Kier alpha value is -1.71. The van der Waals surface area contributed by atoms with Crippen LogP contribution >= 0.6 is 0 Å². The Morgan fingerprint density at radius 3 is 1.88 bits per heavy atom. The van der Waals surface area contributed by atoms with E-state index < -0.39 is 36.4 Å². The molecule has 0 heterocycles. The summed E-state index contributed by atoms with van der Waals surface area (Å²) in [5.74, 6) is -4.23. The topological polar surface area (TPSA) is 191 Å². The molecule has 9 nitrogen and oxygen atoms in total. The van der Waals surface area contributed by atoms with Gasteiger partial charge in [-0.3, -0.25) is 9.59 Å². The summed E-state index contributed by atoms with van der Waals surface area (Å²) in [7, 11) is 0. The van der Waals surface area contributed by atoms with Gasteiger partial charge in [0.1, 0.15) is 0 Å². The predicted molar refractivity (Wildman–Crippen MR) is 56.1 cm³/mol. The zero-order chi connectivity index (χ0) is 12.1. The average molecular weight is 254 g/mol. The molecule has 0 aliphatic carbocycles. The predicted octanol–water partition coefficient (Wildman–Crippen LogP) is -0.446. The third kappa shape index (κ3) is 7.22. The fourth-order valence-electron chi connectivity index (χ4n) is 0.915. The third-order valence-electron chi connectivity index (χ3n) is 1.58. The molecule has 102 valence electrons. The van der Waals surface area contributed by atoms with Crippen LogP contribution in [-0.4, -0.2) is 45.4 Å². The van der Waals surface area contributed by atoms with E-state index in [0.717, 1.165) is 0 Å². The molecule has 0 aromatic rings. The lowest BCUT2D eigenvalue weighted by molar-refractivity contribution is -0.171. The van der Waals surface area contributed by atoms with Crippen molar-refractivity contribution in [3.8, 4) is 0 Å². The van der Waals surface area contributed by atoms with Crippen molar-refractivity contribution in [3.05, 3.63) is 0 Å². The molecule has 0 saturated heterocycles. The summed E-state index contributed by atoms with van der Waals surface area (Å²) in [6, 6.07) is 0. The minimum atomic E-state index is -2.61. The number of rotatable bonds is 6. The van der Waals surface area contributed by atoms with Crippen LogP contribution in [0.4, 0.5) is 0 Å². The van der Waals surface area contributed by atoms with E-state index in [1.165, 1.54) is 6.92 Å². The summed E-state index contributed by atoms with van der Waals surface area (Å²) in [6.07, 6.45) is -1.94. The highest BCUT2D eigenvalue weighted by Gasteiger charge is 2.41. The van der Waals surface area contributed by atoms with Gasteiger partial charge in [0.25, 0.3) is 0 Å². The zero-order valence-electron chi connectivity index (χ0n) is 9.51. The fraction of sp³-hybridized carbons (Fsp3) is 0.625. The molecule has 1 atom stereocenters. The maximum atomic E-state index is 10.9. The molecule has 0 bridgehead atoms. The van der Waals surface area contributed by atoms with Crippen molar-refractivity contribution >= 4 is 17.9 Å². The van der Waals surface area contributed by atoms with E-state index in [0.29, 0.717) is 0 Å². The van der Waals surface area contributed by atoms with Gasteiger partial charge in [-0.25, -0.2) is 4.79 Å². The molecule has 1 unspecified atom stereocenters. The van der Waals surface area contributed by atoms with Crippen molar-refractivity contribution in [2.24, 2.45) is 0 Å². The first kappa shape index (κ1) is 20.7. The summed E-state index contributed by atoms with van der Waals surface area (Å²) in [6.45, 7) is 1.54. The van der Waals surface area contributed by atoms with Gasteiger partial charge in [-0.15, -0.1) is 0 Å². The molecule has 0 aromatic carbocycles. The van der Waals surface area contributed by atoms with Gasteiger partial charge in [-0.1, -0.05) is 0 Å². The third-order valence-corrected chi connectivity index (χ3v) is 1.58. The number of carbonyl (C=O) groups excluding carboxylic acids is 1. The molecular weight excluding hydrogens is 236 g/mol. The highest BCUT2D eigenvalue weighted by molar-refractivity contribution is 5.88. The number of ether oxygens (including phenoxy) is 1. The van der Waals surface area contributed by atoms with E-state index in [4.69, 9.17) is 10.2 Å². The van der Waals surface area contributed by atoms with Crippen LogP contribution in [0.15, 0.2) is 0 Å². The van der Waals surface area contributed by atoms with E-state index in [1.54, 1.807) is 0 Å². The fourth-order valence-corrected chi connectivity index (χ4v) is 0.915. The van der Waals surface area contributed by atoms with Crippen LogP contribution < -0.4 is 12.3 Å². The Morgan fingerprint density at radius 1 is 1.12 bits per heavy atom. The van der Waals surface area contributed by atoms with Crippen LogP contribution in [0.5, 0.6) is 0 Å². The summed E-state index contributed by atoms with van der Waals surface area (Å²) < 4.78 is 4.41. The largest absolute Gasteiger partial charge is 0.481 e. The summed E-state index contributed by atoms with van der Waals surface area (Å²) in [4.78, 5) is 31.8. The van der Waals surface area contributed by atoms with Gasteiger partial charge in [-0.2, -0.15) is 0 Å². The second kappa shape index (κ2) is 8.44. The Bertz CT molecular complexity index is 281. The van der Waals surface area contributed by atoms with E-state index in [2.05, 4.69) is 4.74 Å². The molecule has 0 aliphatic rings. The van der Waals surface area contributed by atoms with E-state index in [-0.39, 0.29) is 18.9 Å². The molecule has 0 aromatic heterocycles. The Morgan fingerprint density at radius 2 is 1.59 bits per heavy atom. The van der Waals surface area contributed by atoms with Crippen LogP contribution in [0.3, 0.4) is 0 Å². The van der Waals surface area contributed by atoms with E-state index in [1.807, 2.05) is 0 Å². The molecule has 0 radical (unpaired) electrons. The standard InChI is InChI=1S/C8H12O7.2H3N/c1-2-15-6(11)4-8(14,7(12)13)3-5(9)10;;/h14H,2-4H2,1H3,(H,9,10)(H,12,13);2*1H3. The first-order valence-electron chi connectivity index (χ1n) is 4.15. The summed E-state index contributed by atoms with van der Waals surface area (Å²) in [5, 5.41) is 26.3. The van der Waals surface area contributed by atoms with Crippen molar-refractivity contribution in [1.82, 2.24) is 12.3 Å². The van der Waals surface area contributed by atoms with E-state index in [9.17, 15) is 19.5 Å². The molecule has 9 N–H and O–H groups in total. The second-order valence-corrected chi connectivity index (χ2v) is 2.89. The number of carboxylic acids is 2. The Labute approximate surface area is 97.5 Å². The lowest BCUT2D eigenvalue weighted by Crippen LogP contribution is -2.43. The minimum Gasteiger partial charge on any atom is -0.481 e. The van der Waals surface area contributed by atoms with Gasteiger partial charge in [0.05, 0.1) is 19.4 Å². The molecule has 0 saturated carbocycles. The van der Waals surface area contributed by atoms with Crippen molar-refractivity contribution in [3.63, 3.8) is 0 Å². The smallest absolute Gasteiger partial charge is 0.336 e. The number of hydrogen-bond acceptors (Lipinski definition) is 7. The molecule has 0 aliphatic heterocycles. The number of carbonyl (C=O) groups is 3. The lowest BCUT2D eigenvalue weighted by Gasteiger charge is -2.19. The van der Waals surface area contributed by atoms with Crippen LogP contribution in [0.1, 0.15) is 19.8 Å². The molecule has 0 spiro atoms. The minimum absolute atomic E-state index is 0. The lowest BCUT2D eigenvalue weighted by atomic mass is 9.96. The maximum absolute atomic E-state index is 10.9. The Balaban J connectivity index is -0.000000980. The first-order chi connectivity index (χ1) is 6.81. The van der Waals surface area contributed by atoms with Gasteiger partial charge >= 0.3 is 17.9 Å². The molecule has 0 fully saturated rings. The maximum Gasteiger partial charge on any atom is 0.336 e. The van der Waals surface area contributed by atoms with Gasteiger partial charge < -0.3 is 32.4 Å². The van der Waals surface area contributed by atoms with Crippen LogP contribution in [-0.2, 0) is 19.1 Å². The van der Waals surface area contributed by atoms with Gasteiger partial charge in [0.2, 0.25) is 0 Å². The SMILES string of the molecule is CCOC(=O)CC(O)(CC(=O)O)C(=O)O.N.N. The van der Waals surface area contributed by atoms with Crippen molar-refractivity contribution in [2.75, 3.05) is 6.61 Å². The molecule has 0 rings (SSSR count). The molecular formula is C8H18N2O7. The number of carboxylic acid groups (broad SMARTS) is 2. The number of esters is 1. The summed E-state index contributed by atoms with van der Waals surface area (Å²) >= 11 is 0. The average Bonchev–Trinajstić information content (AvgIpc) is 2.01. The molecule has 0 amide bonds. The first-order valence-corrected chi connectivity index (χ1v) is 4.15. The molecule has 9 heteroatoms. The van der Waals surface area contributed by atoms with Crippen molar-refractivity contribution < 1.29 is 34.4 Å².